The number of amides is 1. The summed E-state index contributed by atoms with van der Waals surface area (Å²) in [5.74, 6) is -0.404. The number of rotatable bonds is 10. The number of halogens is 3. The molecule has 9 heteroatoms. The fraction of sp³-hybridized carbons (Fsp3) is 0.167. The molecule has 3 rings (SSSR count). The molecule has 0 bridgehead atoms. The fourth-order valence-corrected chi connectivity index (χ4v) is 2.86. The minimum atomic E-state index is -2.97. The average Bonchev–Trinajstić information content (AvgIpc) is 2.80. The van der Waals surface area contributed by atoms with Crippen molar-refractivity contribution in [2.45, 2.75) is 13.0 Å². The number of hydrogen-bond acceptors (Lipinski definition) is 5. The second kappa shape index (κ2) is 11.6. The Hall–Kier alpha value is -4.01. The van der Waals surface area contributed by atoms with Crippen molar-refractivity contribution in [1.29, 1.82) is 0 Å². The van der Waals surface area contributed by atoms with Crippen molar-refractivity contribution in [1.82, 2.24) is 10.3 Å². The van der Waals surface area contributed by atoms with E-state index in [1.807, 2.05) is 0 Å². The summed E-state index contributed by atoms with van der Waals surface area (Å²) in [7, 11) is 1.35. The molecule has 1 amide bonds. The smallest absolute Gasteiger partial charge is 0.387 e. The molecule has 0 spiro atoms. The third kappa shape index (κ3) is 7.27. The molecule has 0 unspecified atom stereocenters. The van der Waals surface area contributed by atoms with Gasteiger partial charge in [0.25, 0.3) is 0 Å². The number of methoxy groups -OCH3 is 1. The van der Waals surface area contributed by atoms with Crippen molar-refractivity contribution in [2.75, 3.05) is 13.7 Å². The zero-order valence-corrected chi connectivity index (χ0v) is 17.6. The molecular formula is C24H21F3N2O4. The first-order valence-electron chi connectivity index (χ1n) is 9.89. The van der Waals surface area contributed by atoms with Crippen LogP contribution in [0.2, 0.25) is 0 Å². The van der Waals surface area contributed by atoms with Gasteiger partial charge in [-0.1, -0.05) is 12.1 Å². The summed E-state index contributed by atoms with van der Waals surface area (Å²) in [5.41, 5.74) is 1.16. The summed E-state index contributed by atoms with van der Waals surface area (Å²) >= 11 is 0. The van der Waals surface area contributed by atoms with Gasteiger partial charge in [-0.15, -0.1) is 0 Å². The predicted molar refractivity (Wildman–Crippen MR) is 116 cm³/mol. The monoisotopic (exact) mass is 458 g/mol. The minimum absolute atomic E-state index is 0.0410. The number of carbonyl (C=O) groups excluding carboxylic acids is 1. The van der Waals surface area contributed by atoms with Gasteiger partial charge in [0.2, 0.25) is 5.91 Å². The van der Waals surface area contributed by atoms with Crippen molar-refractivity contribution < 1.29 is 32.2 Å². The number of carbonyl (C=O) groups is 1. The summed E-state index contributed by atoms with van der Waals surface area (Å²) < 4.78 is 54.2. The molecule has 1 heterocycles. The molecule has 0 atom stereocenters. The molecule has 0 radical (unpaired) electrons. The van der Waals surface area contributed by atoms with Crippen LogP contribution in [0.4, 0.5) is 13.2 Å². The molecule has 172 valence electrons. The molecule has 2 aromatic carbocycles. The Labute approximate surface area is 188 Å². The molecule has 0 fully saturated rings. The van der Waals surface area contributed by atoms with E-state index < -0.39 is 12.4 Å². The molecule has 0 aliphatic heterocycles. The largest absolute Gasteiger partial charge is 0.493 e. The molecule has 1 N–H and O–H groups in total. The molecule has 0 saturated carbocycles. The number of nitrogens with zero attached hydrogens (tertiary/aromatic N) is 1. The molecule has 6 nitrogen and oxygen atoms in total. The van der Waals surface area contributed by atoms with E-state index in [1.165, 1.54) is 49.7 Å². The molecule has 0 saturated heterocycles. The van der Waals surface area contributed by atoms with Crippen LogP contribution in [-0.2, 0) is 11.2 Å². The summed E-state index contributed by atoms with van der Waals surface area (Å²) in [6.07, 6.45) is 6.18. The van der Waals surface area contributed by atoms with Crippen molar-refractivity contribution in [3.8, 4) is 23.0 Å². The van der Waals surface area contributed by atoms with Crippen LogP contribution >= 0.6 is 0 Å². The van der Waals surface area contributed by atoms with E-state index in [0.717, 1.165) is 0 Å². The lowest BCUT2D eigenvalue weighted by Crippen LogP contribution is -2.23. The van der Waals surface area contributed by atoms with Crippen molar-refractivity contribution in [2.24, 2.45) is 0 Å². The second-order valence-corrected chi connectivity index (χ2v) is 6.72. The third-order valence-electron chi connectivity index (χ3n) is 4.40. The van der Waals surface area contributed by atoms with Gasteiger partial charge in [0.05, 0.1) is 13.3 Å². The van der Waals surface area contributed by atoms with Gasteiger partial charge < -0.3 is 19.5 Å². The van der Waals surface area contributed by atoms with Crippen LogP contribution in [0.3, 0.4) is 0 Å². The van der Waals surface area contributed by atoms with E-state index in [2.05, 4.69) is 15.0 Å². The molecule has 0 aliphatic carbocycles. The molecule has 33 heavy (non-hydrogen) atoms. The average molecular weight is 458 g/mol. The van der Waals surface area contributed by atoms with E-state index in [-0.39, 0.29) is 29.7 Å². The van der Waals surface area contributed by atoms with E-state index in [9.17, 15) is 18.0 Å². The highest BCUT2D eigenvalue weighted by molar-refractivity contribution is 5.91. The maximum Gasteiger partial charge on any atom is 0.387 e. The lowest BCUT2D eigenvalue weighted by atomic mass is 10.1. The number of nitrogens with one attached hydrogen (secondary N) is 1. The van der Waals surface area contributed by atoms with Crippen LogP contribution in [0.5, 0.6) is 23.0 Å². The van der Waals surface area contributed by atoms with Crippen LogP contribution < -0.4 is 19.5 Å². The summed E-state index contributed by atoms with van der Waals surface area (Å²) in [6, 6.07) is 12.3. The number of alkyl halides is 2. The van der Waals surface area contributed by atoms with Gasteiger partial charge in [-0.05, 0) is 60.0 Å². The second-order valence-electron chi connectivity index (χ2n) is 6.72. The van der Waals surface area contributed by atoms with Crippen molar-refractivity contribution >= 4 is 12.0 Å². The zero-order chi connectivity index (χ0) is 23.6. The van der Waals surface area contributed by atoms with E-state index in [0.29, 0.717) is 23.3 Å². The Kier molecular flexibility index (Phi) is 8.29. The van der Waals surface area contributed by atoms with Gasteiger partial charge in [0, 0.05) is 18.8 Å². The van der Waals surface area contributed by atoms with E-state index in [1.54, 1.807) is 30.5 Å². The topological polar surface area (TPSA) is 69.7 Å². The van der Waals surface area contributed by atoms with Crippen LogP contribution in [0.15, 0.2) is 67.0 Å². The van der Waals surface area contributed by atoms with Crippen LogP contribution in [0.1, 0.15) is 11.1 Å². The number of pyridine rings is 1. The van der Waals surface area contributed by atoms with Crippen LogP contribution in [0, 0.1) is 5.82 Å². The van der Waals surface area contributed by atoms with Gasteiger partial charge in [-0.25, -0.2) is 4.39 Å². The van der Waals surface area contributed by atoms with Gasteiger partial charge in [-0.2, -0.15) is 8.78 Å². The Balaban J connectivity index is 1.51. The maximum absolute atomic E-state index is 14.3. The first-order chi connectivity index (χ1) is 15.9. The number of aromatic nitrogens is 1. The van der Waals surface area contributed by atoms with Gasteiger partial charge in [-0.3, -0.25) is 9.78 Å². The number of hydrogen-bond donors (Lipinski definition) is 1. The standard InChI is InChI=1S/C24H21F3N2O4/c1-31-21-8-5-17(14-22(21)33-24(26)27)10-12-29-23(30)9-6-16-4-7-20(19(25)13-16)32-18-3-2-11-28-15-18/h2-9,11,13-15,24H,10,12H2,1H3,(H,29,30)/b9-6+. The number of ether oxygens (including phenoxy) is 3. The Morgan fingerprint density at radius 2 is 1.94 bits per heavy atom. The Morgan fingerprint density at radius 1 is 1.12 bits per heavy atom. The Bertz CT molecular complexity index is 1110. The fourth-order valence-electron chi connectivity index (χ4n) is 2.86. The minimum Gasteiger partial charge on any atom is -0.493 e. The summed E-state index contributed by atoms with van der Waals surface area (Å²) in [5, 5.41) is 2.68. The third-order valence-corrected chi connectivity index (χ3v) is 4.40. The van der Waals surface area contributed by atoms with Crippen molar-refractivity contribution in [3.05, 3.63) is 83.9 Å². The number of benzene rings is 2. The van der Waals surface area contributed by atoms with Crippen LogP contribution in [-0.4, -0.2) is 31.2 Å². The molecule has 1 aromatic heterocycles. The molecule has 0 aliphatic rings. The lowest BCUT2D eigenvalue weighted by Gasteiger charge is -2.11. The summed E-state index contributed by atoms with van der Waals surface area (Å²) in [6.45, 7) is -2.71. The zero-order valence-electron chi connectivity index (χ0n) is 17.6. The maximum atomic E-state index is 14.3. The Morgan fingerprint density at radius 3 is 2.64 bits per heavy atom. The van der Waals surface area contributed by atoms with Gasteiger partial charge in [0.15, 0.2) is 23.1 Å². The lowest BCUT2D eigenvalue weighted by molar-refractivity contribution is -0.116. The molecule has 3 aromatic rings. The van der Waals surface area contributed by atoms with Gasteiger partial charge in [0.1, 0.15) is 5.75 Å². The van der Waals surface area contributed by atoms with Crippen molar-refractivity contribution in [3.63, 3.8) is 0 Å². The highest BCUT2D eigenvalue weighted by Gasteiger charge is 2.11. The summed E-state index contributed by atoms with van der Waals surface area (Å²) in [4.78, 5) is 15.9. The first kappa shape index (κ1) is 23.6. The first-order valence-corrected chi connectivity index (χ1v) is 9.89. The normalized spacial score (nSPS) is 10.9. The SMILES string of the molecule is COc1ccc(CCNC(=O)/C=C/c2ccc(Oc3cccnc3)c(F)c2)cc1OC(F)F. The highest BCUT2D eigenvalue weighted by Crippen LogP contribution is 2.29. The molecular weight excluding hydrogens is 437 g/mol. The van der Waals surface area contributed by atoms with Crippen LogP contribution in [0.25, 0.3) is 6.08 Å². The predicted octanol–water partition coefficient (Wildman–Crippen LogP) is 5.00. The van der Waals surface area contributed by atoms with Gasteiger partial charge >= 0.3 is 6.61 Å². The van der Waals surface area contributed by atoms with E-state index in [4.69, 9.17) is 9.47 Å². The quantitative estimate of drug-likeness (QED) is 0.433. The highest BCUT2D eigenvalue weighted by atomic mass is 19.3. The van der Waals surface area contributed by atoms with E-state index >= 15 is 0 Å².